The highest BCUT2D eigenvalue weighted by Gasteiger charge is 2.42. The van der Waals surface area contributed by atoms with Gasteiger partial charge in [0.05, 0.1) is 31.8 Å². The van der Waals surface area contributed by atoms with Crippen LogP contribution in [0.25, 0.3) is 10.9 Å². The van der Waals surface area contributed by atoms with Crippen LogP contribution in [0, 0.1) is 0 Å². The third-order valence-corrected chi connectivity index (χ3v) is 7.02. The molecule has 10 heteroatoms. The number of nitrogens with zero attached hydrogens (tertiary/aromatic N) is 4. The van der Waals surface area contributed by atoms with Crippen LogP contribution in [0.5, 0.6) is 11.5 Å². The summed E-state index contributed by atoms with van der Waals surface area (Å²) in [6.07, 6.45) is 4.07. The number of fused-ring (bicyclic) bond motifs is 2. The van der Waals surface area contributed by atoms with Gasteiger partial charge >= 0.3 is 0 Å². The minimum atomic E-state index is -0.0759. The lowest BCUT2D eigenvalue weighted by Gasteiger charge is -2.49. The summed E-state index contributed by atoms with van der Waals surface area (Å²) in [5.74, 6) is 2.42. The second kappa shape index (κ2) is 8.74. The zero-order chi connectivity index (χ0) is 23.1. The highest BCUT2D eigenvalue weighted by atomic mass is 79.9. The van der Waals surface area contributed by atoms with Crippen molar-refractivity contribution in [1.82, 2.24) is 14.9 Å². The summed E-state index contributed by atoms with van der Waals surface area (Å²) in [4.78, 5) is 26.8. The molecule has 174 valence electrons. The van der Waals surface area contributed by atoms with Crippen LogP contribution in [0.4, 0.5) is 11.8 Å². The molecule has 33 heavy (non-hydrogen) atoms. The van der Waals surface area contributed by atoms with E-state index in [9.17, 15) is 4.79 Å². The van der Waals surface area contributed by atoms with Crippen LogP contribution in [0.3, 0.4) is 0 Å². The molecule has 2 aromatic heterocycles. The van der Waals surface area contributed by atoms with Gasteiger partial charge < -0.3 is 29.4 Å². The van der Waals surface area contributed by atoms with Gasteiger partial charge in [0.1, 0.15) is 5.82 Å². The molecule has 1 saturated carbocycles. The van der Waals surface area contributed by atoms with Crippen molar-refractivity contribution in [1.29, 1.82) is 0 Å². The maximum absolute atomic E-state index is 13.2. The first-order valence-electron chi connectivity index (χ1n) is 11.0. The lowest BCUT2D eigenvalue weighted by molar-refractivity contribution is 0.0507. The Morgan fingerprint density at radius 1 is 1.09 bits per heavy atom. The number of amides is 1. The number of methoxy groups -OCH3 is 2. The number of furan rings is 1. The second-order valence-corrected chi connectivity index (χ2v) is 9.13. The number of nitrogen functional groups attached to an aromatic ring is 1. The van der Waals surface area contributed by atoms with E-state index in [0.29, 0.717) is 57.7 Å². The van der Waals surface area contributed by atoms with Crippen LogP contribution in [-0.2, 0) is 0 Å². The fraction of sp³-hybridized carbons (Fsp3) is 0.435. The number of rotatable bonds is 4. The predicted octanol–water partition coefficient (Wildman–Crippen LogP) is 3.86. The summed E-state index contributed by atoms with van der Waals surface area (Å²) in [5, 5.41) is 0.716. The Balaban J connectivity index is 1.49. The molecule has 9 nitrogen and oxygen atoms in total. The van der Waals surface area contributed by atoms with Gasteiger partial charge in [0.15, 0.2) is 21.9 Å². The van der Waals surface area contributed by atoms with Crippen molar-refractivity contribution in [2.75, 3.05) is 37.9 Å². The summed E-state index contributed by atoms with van der Waals surface area (Å²) in [5.41, 5.74) is 7.04. The van der Waals surface area contributed by atoms with Crippen molar-refractivity contribution < 1.29 is 18.7 Å². The van der Waals surface area contributed by atoms with Crippen LogP contribution in [0.15, 0.2) is 33.4 Å². The Bertz CT molecular complexity index is 1200. The number of benzene rings is 1. The lowest BCUT2D eigenvalue weighted by Crippen LogP contribution is -2.62. The first kappa shape index (κ1) is 21.8. The first-order valence-corrected chi connectivity index (χ1v) is 11.8. The quantitative estimate of drug-likeness (QED) is 0.557. The largest absolute Gasteiger partial charge is 0.493 e. The van der Waals surface area contributed by atoms with E-state index in [1.54, 1.807) is 32.4 Å². The molecule has 5 rings (SSSR count). The summed E-state index contributed by atoms with van der Waals surface area (Å²) >= 11 is 3.29. The van der Waals surface area contributed by atoms with Crippen LogP contribution in [0.2, 0.25) is 0 Å². The highest BCUT2D eigenvalue weighted by Crippen LogP contribution is 2.37. The van der Waals surface area contributed by atoms with Gasteiger partial charge in [0, 0.05) is 24.5 Å². The predicted molar refractivity (Wildman–Crippen MR) is 128 cm³/mol. The number of hydrogen-bond acceptors (Lipinski definition) is 8. The molecule has 2 aliphatic rings. The monoisotopic (exact) mass is 515 g/mol. The van der Waals surface area contributed by atoms with Crippen molar-refractivity contribution >= 4 is 44.5 Å². The zero-order valence-corrected chi connectivity index (χ0v) is 20.2. The van der Waals surface area contributed by atoms with E-state index in [4.69, 9.17) is 24.6 Å². The van der Waals surface area contributed by atoms with Gasteiger partial charge in [-0.1, -0.05) is 12.8 Å². The van der Waals surface area contributed by atoms with Crippen LogP contribution in [-0.4, -0.2) is 60.2 Å². The number of carbonyl (C=O) groups is 1. The number of carbonyl (C=O) groups excluding carboxylic acids is 1. The molecule has 0 bridgehead atoms. The molecule has 2 N–H and O–H groups in total. The number of aromatic nitrogens is 2. The smallest absolute Gasteiger partial charge is 0.289 e. The third kappa shape index (κ3) is 3.86. The first-order chi connectivity index (χ1) is 16.0. The molecule has 2 atom stereocenters. The van der Waals surface area contributed by atoms with E-state index < -0.39 is 0 Å². The van der Waals surface area contributed by atoms with E-state index >= 15 is 0 Å². The summed E-state index contributed by atoms with van der Waals surface area (Å²) in [6, 6.07) is 7.27. The number of halogens is 1. The molecule has 0 unspecified atom stereocenters. The fourth-order valence-electron chi connectivity index (χ4n) is 5.03. The Kier molecular flexibility index (Phi) is 5.77. The number of nitrogens with two attached hydrogens (primary N) is 1. The molecule has 0 spiro atoms. The van der Waals surface area contributed by atoms with Gasteiger partial charge in [-0.15, -0.1) is 0 Å². The van der Waals surface area contributed by atoms with Crippen molar-refractivity contribution in [3.05, 3.63) is 34.7 Å². The maximum Gasteiger partial charge on any atom is 0.289 e. The van der Waals surface area contributed by atoms with Gasteiger partial charge in [-0.2, -0.15) is 4.98 Å². The lowest BCUT2D eigenvalue weighted by atomic mass is 9.86. The minimum absolute atomic E-state index is 0.0646. The standard InChI is InChI=1S/C23H26BrN5O4/c1-31-18-11-13-14(12-19(18)32-2)26-23(27-21(13)25)29-10-9-28(15-5-3-4-6-16(15)29)22(30)17-7-8-20(24)33-17/h7-8,11-12,15-16H,3-6,9-10H2,1-2H3,(H2,25,26,27)/t15-,16+/m0/s1. The van der Waals surface area contributed by atoms with Crippen molar-refractivity contribution in [2.24, 2.45) is 0 Å². The number of hydrogen-bond donors (Lipinski definition) is 1. The molecule has 1 aliphatic carbocycles. The molecule has 1 aliphatic heterocycles. The Morgan fingerprint density at radius 2 is 1.82 bits per heavy atom. The topological polar surface area (TPSA) is 107 Å². The number of ether oxygens (including phenoxy) is 2. The van der Waals surface area contributed by atoms with Crippen molar-refractivity contribution in [2.45, 2.75) is 37.8 Å². The average Bonchev–Trinajstić information content (AvgIpc) is 3.28. The van der Waals surface area contributed by atoms with E-state index in [-0.39, 0.29) is 18.0 Å². The molecule has 0 radical (unpaired) electrons. The summed E-state index contributed by atoms with van der Waals surface area (Å²) in [6.45, 7) is 1.18. The third-order valence-electron chi connectivity index (χ3n) is 6.60. The molecule has 3 heterocycles. The molecule has 2 fully saturated rings. The van der Waals surface area contributed by atoms with E-state index in [1.807, 2.05) is 11.0 Å². The second-order valence-electron chi connectivity index (χ2n) is 8.35. The molecule has 1 aromatic carbocycles. The van der Waals surface area contributed by atoms with Crippen LogP contribution in [0.1, 0.15) is 36.2 Å². The highest BCUT2D eigenvalue weighted by molar-refractivity contribution is 9.10. The summed E-state index contributed by atoms with van der Waals surface area (Å²) < 4.78 is 16.9. The Labute approximate surface area is 200 Å². The van der Waals surface area contributed by atoms with Crippen LogP contribution < -0.4 is 20.1 Å². The summed E-state index contributed by atoms with van der Waals surface area (Å²) in [7, 11) is 3.18. The van der Waals surface area contributed by atoms with Gasteiger partial charge in [0.2, 0.25) is 5.95 Å². The molecule has 1 amide bonds. The van der Waals surface area contributed by atoms with E-state index in [2.05, 4.69) is 25.8 Å². The molecule has 1 saturated heterocycles. The number of piperazine rings is 1. The van der Waals surface area contributed by atoms with Crippen molar-refractivity contribution in [3.63, 3.8) is 0 Å². The Morgan fingerprint density at radius 3 is 2.52 bits per heavy atom. The SMILES string of the molecule is COc1cc2nc(N3CCN(C(=O)c4ccc(Br)o4)[C@H]4CCCC[C@H]43)nc(N)c2cc1OC. The van der Waals surface area contributed by atoms with Crippen molar-refractivity contribution in [3.8, 4) is 11.5 Å². The van der Waals surface area contributed by atoms with Gasteiger partial charge in [0.25, 0.3) is 5.91 Å². The molecular formula is C23H26BrN5O4. The normalized spacial score (nSPS) is 20.6. The van der Waals surface area contributed by atoms with E-state index in [0.717, 1.165) is 25.7 Å². The van der Waals surface area contributed by atoms with Gasteiger partial charge in [-0.05, 0) is 47.0 Å². The maximum atomic E-state index is 13.2. The van der Waals surface area contributed by atoms with Crippen LogP contribution >= 0.6 is 15.9 Å². The van der Waals surface area contributed by atoms with Gasteiger partial charge in [-0.25, -0.2) is 4.98 Å². The number of anilines is 2. The zero-order valence-electron chi connectivity index (χ0n) is 18.6. The Hall–Kier alpha value is -3.01. The van der Waals surface area contributed by atoms with Gasteiger partial charge in [-0.3, -0.25) is 4.79 Å². The fourth-order valence-corrected chi connectivity index (χ4v) is 5.34. The average molecular weight is 516 g/mol. The van der Waals surface area contributed by atoms with E-state index in [1.165, 1.54) is 0 Å². The molecular weight excluding hydrogens is 490 g/mol. The molecule has 3 aromatic rings. The minimum Gasteiger partial charge on any atom is -0.493 e.